The maximum Gasteiger partial charge on any atom is 0.314 e. The van der Waals surface area contributed by atoms with Crippen LogP contribution in [0.1, 0.15) is 0 Å². The molecule has 18 heavy (non-hydrogen) atoms. The third-order valence-corrected chi connectivity index (χ3v) is 2.23. The molecule has 10 nitrogen and oxygen atoms in total. The van der Waals surface area contributed by atoms with Gasteiger partial charge >= 0.3 is 5.91 Å². The van der Waals surface area contributed by atoms with Crippen molar-refractivity contribution in [1.82, 2.24) is 5.01 Å². The number of amides is 1. The highest BCUT2D eigenvalue weighted by atomic mass is 16.4. The van der Waals surface area contributed by atoms with E-state index < -0.39 is 42.7 Å². The van der Waals surface area contributed by atoms with Crippen molar-refractivity contribution in [3.63, 3.8) is 0 Å². The Morgan fingerprint density at radius 2 is 1.78 bits per heavy atom. The number of hydrogen-bond donors (Lipinski definition) is 5. The number of rotatable bonds is 7. The first-order chi connectivity index (χ1) is 8.27. The molecule has 4 atom stereocenters. The van der Waals surface area contributed by atoms with Gasteiger partial charge in [0, 0.05) is 7.05 Å². The Balaban J connectivity index is 4.73. The summed E-state index contributed by atoms with van der Waals surface area (Å²) in [4.78, 5) is 32.6. The van der Waals surface area contributed by atoms with E-state index in [4.69, 9.17) is 15.9 Å². The first-order valence-corrected chi connectivity index (χ1v) is 4.83. The number of hydrogen-bond acceptors (Lipinski definition) is 9. The van der Waals surface area contributed by atoms with Crippen LogP contribution in [0.15, 0.2) is 5.29 Å². The van der Waals surface area contributed by atoms with Crippen molar-refractivity contribution in [1.29, 1.82) is 0 Å². The van der Waals surface area contributed by atoms with Crippen LogP contribution in [-0.2, 0) is 9.59 Å². The van der Waals surface area contributed by atoms with E-state index in [1.165, 1.54) is 0 Å². The molecule has 0 bridgehead atoms. The molecule has 0 radical (unpaired) electrons. The zero-order valence-electron chi connectivity index (χ0n) is 9.50. The predicted molar refractivity (Wildman–Crippen MR) is 56.7 cm³/mol. The van der Waals surface area contributed by atoms with Crippen LogP contribution in [0.5, 0.6) is 0 Å². The average molecular weight is 265 g/mol. The molecular weight excluding hydrogens is 250 g/mol. The number of nitrogens with two attached hydrogens (primary N) is 1. The van der Waals surface area contributed by atoms with Crippen LogP contribution in [0.2, 0.25) is 0 Å². The van der Waals surface area contributed by atoms with Gasteiger partial charge in [0.25, 0.3) is 0 Å². The fourth-order valence-electron chi connectivity index (χ4n) is 1.04. The van der Waals surface area contributed by atoms with Crippen molar-refractivity contribution in [2.24, 2.45) is 11.0 Å². The van der Waals surface area contributed by atoms with Crippen molar-refractivity contribution < 1.29 is 30.0 Å². The zero-order valence-corrected chi connectivity index (χ0v) is 9.50. The third-order valence-electron chi connectivity index (χ3n) is 2.23. The van der Waals surface area contributed by atoms with E-state index in [-0.39, 0.29) is 5.01 Å². The monoisotopic (exact) mass is 265 g/mol. The lowest BCUT2D eigenvalue weighted by molar-refractivity contribution is -0.148. The Hall–Kier alpha value is -1.46. The summed E-state index contributed by atoms with van der Waals surface area (Å²) in [6, 6.07) is -1.86. The van der Waals surface area contributed by atoms with Gasteiger partial charge in [-0.2, -0.15) is 5.01 Å². The Labute approximate surface area is 102 Å². The molecule has 0 rings (SSSR count). The molecule has 0 aromatic heterocycles. The fraction of sp³-hybridized carbons (Fsp3) is 0.750. The van der Waals surface area contributed by atoms with E-state index in [1.54, 1.807) is 0 Å². The van der Waals surface area contributed by atoms with Gasteiger partial charge in [-0.05, 0) is 0 Å². The van der Waals surface area contributed by atoms with Gasteiger partial charge in [0.2, 0.25) is 5.78 Å². The van der Waals surface area contributed by atoms with Gasteiger partial charge in [-0.1, -0.05) is 0 Å². The van der Waals surface area contributed by atoms with Gasteiger partial charge in [0.15, 0.2) is 0 Å². The molecule has 0 aromatic carbocycles. The molecule has 0 saturated heterocycles. The van der Waals surface area contributed by atoms with Gasteiger partial charge in [0.1, 0.15) is 24.4 Å². The highest BCUT2D eigenvalue weighted by Crippen LogP contribution is 2.05. The second-order valence-electron chi connectivity index (χ2n) is 3.53. The normalized spacial score (nSPS) is 17.4. The first-order valence-electron chi connectivity index (χ1n) is 4.83. The molecule has 0 aliphatic rings. The smallest absolute Gasteiger partial charge is 0.314 e. The van der Waals surface area contributed by atoms with Crippen LogP contribution in [0.3, 0.4) is 0 Å². The SMILES string of the molecule is CN(N=O)C(=O)C(=O)[C@H](N)[C@@H](O)[C@H](O)[C@H](O)CO. The molecule has 0 unspecified atom stereocenters. The molecule has 0 aliphatic carbocycles. The van der Waals surface area contributed by atoms with Crippen molar-refractivity contribution in [3.05, 3.63) is 4.91 Å². The molecule has 104 valence electrons. The van der Waals surface area contributed by atoms with E-state index in [2.05, 4.69) is 5.29 Å². The lowest BCUT2D eigenvalue weighted by Crippen LogP contribution is -2.55. The van der Waals surface area contributed by atoms with Gasteiger partial charge in [-0.15, -0.1) is 4.91 Å². The van der Waals surface area contributed by atoms with Crippen molar-refractivity contribution in [3.8, 4) is 0 Å². The second-order valence-corrected chi connectivity index (χ2v) is 3.53. The molecule has 0 fully saturated rings. The fourth-order valence-corrected chi connectivity index (χ4v) is 1.04. The highest BCUT2D eigenvalue weighted by Gasteiger charge is 2.36. The molecule has 0 heterocycles. The van der Waals surface area contributed by atoms with E-state index >= 15 is 0 Å². The number of ketones is 1. The first kappa shape index (κ1) is 16.5. The third kappa shape index (κ3) is 3.78. The van der Waals surface area contributed by atoms with Gasteiger partial charge in [0.05, 0.1) is 11.9 Å². The summed E-state index contributed by atoms with van der Waals surface area (Å²) in [6.45, 7) is -0.872. The Morgan fingerprint density at radius 3 is 2.17 bits per heavy atom. The highest BCUT2D eigenvalue weighted by molar-refractivity contribution is 6.38. The maximum atomic E-state index is 11.4. The number of aliphatic hydroxyl groups excluding tert-OH is 4. The maximum absolute atomic E-state index is 11.4. The lowest BCUT2D eigenvalue weighted by atomic mass is 9.98. The van der Waals surface area contributed by atoms with Crippen LogP contribution in [0.25, 0.3) is 0 Å². The number of carbonyl (C=O) groups is 2. The van der Waals surface area contributed by atoms with Gasteiger partial charge in [-0.3, -0.25) is 9.59 Å². The van der Waals surface area contributed by atoms with Crippen LogP contribution in [0, 0.1) is 4.91 Å². The zero-order chi connectivity index (χ0) is 14.5. The number of carbonyl (C=O) groups excluding carboxylic acids is 2. The number of Topliss-reactive ketones (excluding diaryl/α,β-unsaturated/α-hetero) is 1. The summed E-state index contributed by atoms with van der Waals surface area (Å²) in [6.07, 6.45) is -5.63. The Bertz CT molecular complexity index is 324. The van der Waals surface area contributed by atoms with Crippen molar-refractivity contribution in [2.75, 3.05) is 13.7 Å². The Kier molecular flexibility index (Phi) is 6.51. The minimum atomic E-state index is -1.98. The molecule has 6 N–H and O–H groups in total. The molecule has 1 amide bonds. The summed E-state index contributed by atoms with van der Waals surface area (Å²) in [7, 11) is 0.908. The molecule has 0 spiro atoms. The predicted octanol–water partition coefficient (Wildman–Crippen LogP) is -3.90. The topological polar surface area (TPSA) is 174 Å². The van der Waals surface area contributed by atoms with E-state index in [9.17, 15) is 24.7 Å². The number of likely N-dealkylation sites (N-methyl/N-ethyl adjacent to an activating group) is 1. The van der Waals surface area contributed by atoms with Crippen LogP contribution in [0.4, 0.5) is 0 Å². The minimum absolute atomic E-state index is 0.170. The van der Waals surface area contributed by atoms with Crippen molar-refractivity contribution in [2.45, 2.75) is 24.4 Å². The van der Waals surface area contributed by atoms with Gasteiger partial charge < -0.3 is 26.2 Å². The largest absolute Gasteiger partial charge is 0.394 e. The summed E-state index contributed by atoms with van der Waals surface area (Å²) in [5.41, 5.74) is 5.20. The van der Waals surface area contributed by atoms with Crippen molar-refractivity contribution >= 4 is 11.7 Å². The standard InChI is InChI=1S/C8H15N3O7/c1-11(10-18)8(17)7(16)4(9)6(15)5(14)3(13)2-12/h3-6,12-15H,2,9H2,1H3/t3-,4-,5-,6-/m1/s1. The molecule has 10 heteroatoms. The quantitative estimate of drug-likeness (QED) is 0.176. The lowest BCUT2D eigenvalue weighted by Gasteiger charge is -2.25. The molecule has 0 aliphatic heterocycles. The second kappa shape index (κ2) is 7.08. The van der Waals surface area contributed by atoms with E-state index in [0.29, 0.717) is 0 Å². The molecule has 0 saturated carbocycles. The summed E-state index contributed by atoms with van der Waals surface area (Å²) < 4.78 is 0. The minimum Gasteiger partial charge on any atom is -0.394 e. The van der Waals surface area contributed by atoms with E-state index in [0.717, 1.165) is 7.05 Å². The van der Waals surface area contributed by atoms with Gasteiger partial charge in [-0.25, -0.2) is 0 Å². The summed E-state index contributed by atoms with van der Waals surface area (Å²) in [5, 5.41) is 38.6. The summed E-state index contributed by atoms with van der Waals surface area (Å²) >= 11 is 0. The molecule has 0 aromatic rings. The Morgan fingerprint density at radius 1 is 1.28 bits per heavy atom. The number of nitrogens with zero attached hydrogens (tertiary/aromatic N) is 2. The van der Waals surface area contributed by atoms with Crippen LogP contribution < -0.4 is 5.73 Å². The van der Waals surface area contributed by atoms with E-state index in [1.807, 2.05) is 0 Å². The number of aliphatic hydroxyl groups is 4. The van der Waals surface area contributed by atoms with Crippen LogP contribution >= 0.6 is 0 Å². The average Bonchev–Trinajstić information content (AvgIpc) is 2.40. The molecular formula is C8H15N3O7. The van der Waals surface area contributed by atoms with Crippen LogP contribution in [-0.4, -0.2) is 75.1 Å². The number of nitroso groups, excluding NO2 is 1. The summed E-state index contributed by atoms with van der Waals surface area (Å²) in [5.74, 6) is -2.74.